The number of fused-ring (bicyclic) bond motifs is 1. The summed E-state index contributed by atoms with van der Waals surface area (Å²) >= 11 is 6.20. The molecule has 0 fully saturated rings. The lowest BCUT2D eigenvalue weighted by Gasteiger charge is -2.09. The van der Waals surface area contributed by atoms with Crippen LogP contribution in [0.15, 0.2) is 60.9 Å². The van der Waals surface area contributed by atoms with Crippen LogP contribution in [0.3, 0.4) is 0 Å². The van der Waals surface area contributed by atoms with Crippen molar-refractivity contribution in [3.63, 3.8) is 0 Å². The molecule has 0 amide bonds. The molecule has 0 aliphatic carbocycles. The van der Waals surface area contributed by atoms with E-state index in [-0.39, 0.29) is 0 Å². The molecule has 4 aromatic rings. The highest BCUT2D eigenvalue weighted by Gasteiger charge is 2.06. The number of nitrogens with zero attached hydrogens (tertiary/aromatic N) is 2. The Hall–Kier alpha value is -3.05. The predicted octanol–water partition coefficient (Wildman–Crippen LogP) is 4.47. The van der Waals surface area contributed by atoms with E-state index in [0.29, 0.717) is 12.4 Å². The molecule has 2 aromatic heterocycles. The molecule has 2 aromatic carbocycles. The molecule has 0 saturated heterocycles. The van der Waals surface area contributed by atoms with Crippen molar-refractivity contribution in [3.8, 4) is 11.1 Å². The third-order valence-electron chi connectivity index (χ3n) is 4.10. The maximum atomic E-state index is 6.20. The van der Waals surface area contributed by atoms with Crippen molar-refractivity contribution in [2.24, 2.45) is 0 Å². The molecule has 4 N–H and O–H groups in total. The Morgan fingerprint density at radius 1 is 1.04 bits per heavy atom. The van der Waals surface area contributed by atoms with Crippen LogP contribution in [0.4, 0.5) is 11.5 Å². The van der Waals surface area contributed by atoms with E-state index in [1.807, 2.05) is 48.7 Å². The molecule has 0 aliphatic rings. The quantitative estimate of drug-likeness (QED) is 0.507. The first-order valence-electron chi connectivity index (χ1n) is 7.87. The summed E-state index contributed by atoms with van der Waals surface area (Å²) in [7, 11) is 0. The zero-order valence-electron chi connectivity index (χ0n) is 13.3. The Kier molecular flexibility index (Phi) is 3.99. The zero-order valence-corrected chi connectivity index (χ0v) is 14.1. The highest BCUT2D eigenvalue weighted by Crippen LogP contribution is 2.27. The minimum Gasteiger partial charge on any atom is -0.382 e. The minimum atomic E-state index is 0.498. The van der Waals surface area contributed by atoms with Crippen LogP contribution in [-0.4, -0.2) is 15.2 Å². The molecular formula is C19H16ClN5. The molecule has 6 heteroatoms. The van der Waals surface area contributed by atoms with Crippen molar-refractivity contribution in [2.45, 2.75) is 6.54 Å². The van der Waals surface area contributed by atoms with Crippen molar-refractivity contribution in [3.05, 3.63) is 71.5 Å². The summed E-state index contributed by atoms with van der Waals surface area (Å²) < 4.78 is 0. The number of nitrogens with one attached hydrogen (secondary N) is 2. The van der Waals surface area contributed by atoms with Crippen molar-refractivity contribution in [1.29, 1.82) is 0 Å². The number of nitrogen functional groups attached to an aromatic ring is 1. The number of aromatic nitrogens is 3. The summed E-state index contributed by atoms with van der Waals surface area (Å²) in [6, 6.07) is 15.9. The van der Waals surface area contributed by atoms with Crippen molar-refractivity contribution >= 4 is 34.0 Å². The Bertz CT molecular complexity index is 1040. The average molecular weight is 350 g/mol. The molecule has 0 saturated carbocycles. The first-order valence-corrected chi connectivity index (χ1v) is 8.25. The second kappa shape index (κ2) is 6.45. The van der Waals surface area contributed by atoms with Gasteiger partial charge in [-0.2, -0.15) is 5.10 Å². The molecule has 0 unspecified atom stereocenters. The van der Waals surface area contributed by atoms with Gasteiger partial charge in [0.05, 0.1) is 11.2 Å². The van der Waals surface area contributed by atoms with E-state index >= 15 is 0 Å². The van der Waals surface area contributed by atoms with Crippen LogP contribution < -0.4 is 11.1 Å². The highest BCUT2D eigenvalue weighted by atomic mass is 35.5. The van der Waals surface area contributed by atoms with E-state index in [0.717, 1.165) is 38.3 Å². The summed E-state index contributed by atoms with van der Waals surface area (Å²) in [5, 5.41) is 12.0. The standard InChI is InChI=1S/C19H16ClN5/c20-17-4-2-1-3-13(17)10-23-15-7-14(9-22-11-15)12-5-6-18-16(8-12)19(21)25-24-18/h1-9,11,23H,10H2,(H3,21,24,25). The van der Waals surface area contributed by atoms with Gasteiger partial charge in [0, 0.05) is 34.9 Å². The number of H-pyrrole nitrogens is 1. The molecule has 25 heavy (non-hydrogen) atoms. The summed E-state index contributed by atoms with van der Waals surface area (Å²) in [5.74, 6) is 0.498. The molecule has 0 aliphatic heterocycles. The number of pyridine rings is 1. The van der Waals surface area contributed by atoms with Gasteiger partial charge in [-0.25, -0.2) is 0 Å². The normalized spacial score (nSPS) is 10.9. The van der Waals surface area contributed by atoms with Crippen LogP contribution >= 0.6 is 11.6 Å². The van der Waals surface area contributed by atoms with Gasteiger partial charge in [0.1, 0.15) is 0 Å². The number of hydrogen-bond donors (Lipinski definition) is 3. The number of aromatic amines is 1. The van der Waals surface area contributed by atoms with Gasteiger partial charge in [-0.3, -0.25) is 10.1 Å². The zero-order chi connectivity index (χ0) is 17.2. The largest absolute Gasteiger partial charge is 0.382 e. The minimum absolute atomic E-state index is 0.498. The molecule has 124 valence electrons. The lowest BCUT2D eigenvalue weighted by Crippen LogP contribution is -2.00. The van der Waals surface area contributed by atoms with Crippen LogP contribution in [-0.2, 0) is 6.54 Å². The van der Waals surface area contributed by atoms with E-state index in [9.17, 15) is 0 Å². The van der Waals surface area contributed by atoms with Gasteiger partial charge < -0.3 is 11.1 Å². The molecular weight excluding hydrogens is 334 g/mol. The Morgan fingerprint density at radius 3 is 2.80 bits per heavy atom. The second-order valence-corrected chi connectivity index (χ2v) is 6.18. The van der Waals surface area contributed by atoms with Gasteiger partial charge in [0.25, 0.3) is 0 Å². The van der Waals surface area contributed by atoms with Gasteiger partial charge >= 0.3 is 0 Å². The predicted molar refractivity (Wildman–Crippen MR) is 103 cm³/mol. The number of anilines is 2. The first-order chi connectivity index (χ1) is 12.2. The van der Waals surface area contributed by atoms with Crippen LogP contribution in [0, 0.1) is 0 Å². The van der Waals surface area contributed by atoms with Crippen molar-refractivity contribution in [1.82, 2.24) is 15.2 Å². The Morgan fingerprint density at radius 2 is 1.92 bits per heavy atom. The van der Waals surface area contributed by atoms with Crippen molar-refractivity contribution < 1.29 is 0 Å². The van der Waals surface area contributed by atoms with E-state index in [2.05, 4.69) is 26.6 Å². The van der Waals surface area contributed by atoms with Crippen LogP contribution in [0.1, 0.15) is 5.56 Å². The number of nitrogens with two attached hydrogens (primary N) is 1. The molecule has 2 heterocycles. The number of hydrogen-bond acceptors (Lipinski definition) is 4. The van der Waals surface area contributed by atoms with E-state index < -0.39 is 0 Å². The topological polar surface area (TPSA) is 79.6 Å². The monoisotopic (exact) mass is 349 g/mol. The van der Waals surface area contributed by atoms with Gasteiger partial charge in [0.2, 0.25) is 0 Å². The number of benzene rings is 2. The van der Waals surface area contributed by atoms with E-state index in [1.165, 1.54) is 0 Å². The van der Waals surface area contributed by atoms with Crippen LogP contribution in [0.2, 0.25) is 5.02 Å². The summed E-state index contributed by atoms with van der Waals surface area (Å²) in [4.78, 5) is 4.34. The third-order valence-corrected chi connectivity index (χ3v) is 4.47. The molecule has 0 radical (unpaired) electrons. The highest BCUT2D eigenvalue weighted by molar-refractivity contribution is 6.31. The van der Waals surface area contributed by atoms with Crippen molar-refractivity contribution in [2.75, 3.05) is 11.1 Å². The number of halogens is 1. The summed E-state index contributed by atoms with van der Waals surface area (Å²) in [6.07, 6.45) is 3.63. The second-order valence-electron chi connectivity index (χ2n) is 5.78. The van der Waals surface area contributed by atoms with Crippen LogP contribution in [0.5, 0.6) is 0 Å². The van der Waals surface area contributed by atoms with E-state index in [1.54, 1.807) is 6.20 Å². The molecule has 0 bridgehead atoms. The summed E-state index contributed by atoms with van der Waals surface area (Å²) in [6.45, 7) is 0.637. The lowest BCUT2D eigenvalue weighted by atomic mass is 10.1. The van der Waals surface area contributed by atoms with Gasteiger partial charge in [0.15, 0.2) is 5.82 Å². The van der Waals surface area contributed by atoms with Crippen LogP contribution in [0.25, 0.3) is 22.0 Å². The fourth-order valence-electron chi connectivity index (χ4n) is 2.75. The van der Waals surface area contributed by atoms with Gasteiger partial charge in [-0.05, 0) is 35.4 Å². The van der Waals surface area contributed by atoms with Gasteiger partial charge in [-0.1, -0.05) is 35.9 Å². The molecule has 5 nitrogen and oxygen atoms in total. The smallest absolute Gasteiger partial charge is 0.153 e. The fourth-order valence-corrected chi connectivity index (χ4v) is 2.95. The molecule has 4 rings (SSSR count). The maximum absolute atomic E-state index is 6.20. The Labute approximate surface area is 149 Å². The lowest BCUT2D eigenvalue weighted by molar-refractivity contribution is 1.13. The average Bonchev–Trinajstić information content (AvgIpc) is 3.02. The first kappa shape index (κ1) is 15.5. The molecule has 0 atom stereocenters. The van der Waals surface area contributed by atoms with E-state index in [4.69, 9.17) is 17.3 Å². The summed E-state index contributed by atoms with van der Waals surface area (Å²) in [5.41, 5.74) is 10.8. The third kappa shape index (κ3) is 3.14. The SMILES string of the molecule is Nc1n[nH]c2ccc(-c3cncc(NCc4ccccc4Cl)c3)cc12. The molecule has 0 spiro atoms. The number of rotatable bonds is 4. The maximum Gasteiger partial charge on any atom is 0.153 e. The van der Waals surface area contributed by atoms with Gasteiger partial charge in [-0.15, -0.1) is 0 Å². The Balaban J connectivity index is 1.60. The fraction of sp³-hybridized carbons (Fsp3) is 0.0526.